The van der Waals surface area contributed by atoms with E-state index in [0.29, 0.717) is 13.2 Å². The summed E-state index contributed by atoms with van der Waals surface area (Å²) in [5, 5.41) is 1.63. The summed E-state index contributed by atoms with van der Waals surface area (Å²) < 4.78 is 37.5. The van der Waals surface area contributed by atoms with Crippen LogP contribution in [0.5, 0.6) is 0 Å². The molecule has 2 aromatic rings. The van der Waals surface area contributed by atoms with Crippen molar-refractivity contribution < 1.29 is 22.7 Å². The van der Waals surface area contributed by atoms with Gasteiger partial charge in [-0.2, -0.15) is 0 Å². The fourth-order valence-corrected chi connectivity index (χ4v) is 4.40. The Hall–Kier alpha value is -2.10. The molecule has 9 heteroatoms. The second kappa shape index (κ2) is 7.42. The second-order valence-electron chi connectivity index (χ2n) is 5.35. The summed E-state index contributed by atoms with van der Waals surface area (Å²) in [6, 6.07) is 8.19. The highest BCUT2D eigenvalue weighted by molar-refractivity contribution is 7.92. The number of methoxy groups -OCH3 is 1. The molecule has 1 fully saturated rings. The van der Waals surface area contributed by atoms with E-state index in [4.69, 9.17) is 4.74 Å². The van der Waals surface area contributed by atoms with Crippen molar-refractivity contribution in [2.24, 2.45) is 0 Å². The zero-order valence-corrected chi connectivity index (χ0v) is 15.2. The van der Waals surface area contributed by atoms with Gasteiger partial charge in [-0.05, 0) is 35.7 Å². The number of thiophene rings is 1. The first kappa shape index (κ1) is 17.7. The first-order valence-corrected chi connectivity index (χ1v) is 9.99. The minimum Gasteiger partial charge on any atom is -0.465 e. The fraction of sp³-hybridized carbons (Fsp3) is 0.312. The topological polar surface area (TPSA) is 84.9 Å². The van der Waals surface area contributed by atoms with Gasteiger partial charge in [0.2, 0.25) is 0 Å². The Balaban J connectivity index is 1.78. The van der Waals surface area contributed by atoms with E-state index >= 15 is 0 Å². The zero-order valence-electron chi connectivity index (χ0n) is 13.6. The Kier molecular flexibility index (Phi) is 5.26. The van der Waals surface area contributed by atoms with E-state index in [2.05, 4.69) is 14.4 Å². The highest BCUT2D eigenvalue weighted by atomic mass is 32.2. The largest absolute Gasteiger partial charge is 0.465 e. The van der Waals surface area contributed by atoms with Crippen LogP contribution in [0.1, 0.15) is 9.67 Å². The molecule has 1 saturated heterocycles. The van der Waals surface area contributed by atoms with Gasteiger partial charge >= 0.3 is 5.97 Å². The summed E-state index contributed by atoms with van der Waals surface area (Å²) in [5.41, 5.74) is 1.17. The normalized spacial score (nSPS) is 15.0. The minimum atomic E-state index is -3.79. The molecule has 0 saturated carbocycles. The Bertz CT molecular complexity index is 840. The summed E-state index contributed by atoms with van der Waals surface area (Å²) in [5.74, 6) is -0.574. The van der Waals surface area contributed by atoms with Gasteiger partial charge in [-0.1, -0.05) is 0 Å². The van der Waals surface area contributed by atoms with Crippen molar-refractivity contribution >= 4 is 38.7 Å². The van der Waals surface area contributed by atoms with Crippen LogP contribution < -0.4 is 9.62 Å². The molecule has 1 N–H and O–H groups in total. The molecule has 0 bridgehead atoms. The van der Waals surface area contributed by atoms with Gasteiger partial charge in [-0.15, -0.1) is 11.3 Å². The fourth-order valence-electron chi connectivity index (χ4n) is 2.50. The van der Waals surface area contributed by atoms with E-state index in [0.717, 1.165) is 30.1 Å². The maximum atomic E-state index is 12.6. The van der Waals surface area contributed by atoms with Crippen LogP contribution in [-0.2, 0) is 19.5 Å². The maximum absolute atomic E-state index is 12.6. The Labute approximate surface area is 150 Å². The molecular formula is C16H18N2O5S2. The van der Waals surface area contributed by atoms with Gasteiger partial charge in [-0.3, -0.25) is 4.72 Å². The number of hydrogen-bond acceptors (Lipinski definition) is 7. The molecule has 134 valence electrons. The van der Waals surface area contributed by atoms with Gasteiger partial charge in [0.05, 0.1) is 30.9 Å². The number of nitrogens with one attached hydrogen (secondary N) is 1. The van der Waals surface area contributed by atoms with Crippen LogP contribution in [0.15, 0.2) is 40.6 Å². The lowest BCUT2D eigenvalue weighted by atomic mass is 10.2. The number of morpholine rings is 1. The third-order valence-electron chi connectivity index (χ3n) is 3.80. The van der Waals surface area contributed by atoms with Gasteiger partial charge in [0, 0.05) is 18.8 Å². The molecule has 0 spiro atoms. The smallest absolute Gasteiger partial charge is 0.350 e. The Morgan fingerprint density at radius 2 is 1.88 bits per heavy atom. The molecule has 25 heavy (non-hydrogen) atoms. The number of rotatable bonds is 5. The van der Waals surface area contributed by atoms with E-state index in [-0.39, 0.29) is 15.5 Å². The maximum Gasteiger partial charge on any atom is 0.350 e. The predicted molar refractivity (Wildman–Crippen MR) is 95.9 cm³/mol. The molecule has 0 atom stereocenters. The van der Waals surface area contributed by atoms with E-state index in [1.165, 1.54) is 13.2 Å². The van der Waals surface area contributed by atoms with Gasteiger partial charge in [0.15, 0.2) is 0 Å². The summed E-state index contributed by atoms with van der Waals surface area (Å²) >= 11 is 1.12. The predicted octanol–water partition coefficient (Wildman–Crippen LogP) is 2.17. The first-order valence-electron chi connectivity index (χ1n) is 7.62. The van der Waals surface area contributed by atoms with E-state index in [9.17, 15) is 13.2 Å². The Morgan fingerprint density at radius 1 is 1.20 bits per heavy atom. The lowest BCUT2D eigenvalue weighted by Crippen LogP contribution is -2.36. The van der Waals surface area contributed by atoms with Gasteiger partial charge in [0.25, 0.3) is 10.0 Å². The molecule has 0 radical (unpaired) electrons. The molecule has 1 aromatic heterocycles. The van der Waals surface area contributed by atoms with E-state index in [1.807, 2.05) is 0 Å². The van der Waals surface area contributed by atoms with Gasteiger partial charge < -0.3 is 14.4 Å². The molecule has 1 aliphatic heterocycles. The number of nitrogens with zero attached hydrogens (tertiary/aromatic N) is 1. The summed E-state index contributed by atoms with van der Waals surface area (Å²) in [6.45, 7) is 2.88. The standard InChI is InChI=1S/C16H18N2O5S2/c1-22-16(19)15-14(6-11-24-15)17-25(20,21)13-4-2-12(3-5-13)18-7-9-23-10-8-18/h2-6,11,17H,7-10H2,1H3. The third kappa shape index (κ3) is 3.94. The molecular weight excluding hydrogens is 364 g/mol. The highest BCUT2D eigenvalue weighted by Gasteiger charge is 2.21. The number of hydrogen-bond donors (Lipinski definition) is 1. The zero-order chi connectivity index (χ0) is 17.9. The lowest BCUT2D eigenvalue weighted by molar-refractivity contribution is 0.0607. The van der Waals surface area contributed by atoms with Gasteiger partial charge in [0.1, 0.15) is 4.88 Å². The number of esters is 1. The SMILES string of the molecule is COC(=O)c1sccc1NS(=O)(=O)c1ccc(N2CCOCC2)cc1. The van der Waals surface area contributed by atoms with E-state index in [1.54, 1.807) is 29.6 Å². The van der Waals surface area contributed by atoms with Crippen molar-refractivity contribution in [2.45, 2.75) is 4.90 Å². The molecule has 0 amide bonds. The summed E-state index contributed by atoms with van der Waals surface area (Å²) in [4.78, 5) is 14.2. The van der Waals surface area contributed by atoms with Crippen molar-refractivity contribution in [3.8, 4) is 0 Å². The lowest BCUT2D eigenvalue weighted by Gasteiger charge is -2.28. The molecule has 0 aliphatic carbocycles. The average molecular weight is 382 g/mol. The summed E-state index contributed by atoms with van der Waals surface area (Å²) in [7, 11) is -2.53. The molecule has 3 rings (SSSR count). The van der Waals surface area contributed by atoms with Crippen LogP contribution in [0, 0.1) is 0 Å². The van der Waals surface area contributed by atoms with Crippen LogP contribution in [0.4, 0.5) is 11.4 Å². The van der Waals surface area contributed by atoms with Crippen molar-refractivity contribution in [1.82, 2.24) is 0 Å². The monoisotopic (exact) mass is 382 g/mol. The van der Waals surface area contributed by atoms with Crippen molar-refractivity contribution in [3.63, 3.8) is 0 Å². The quantitative estimate of drug-likeness (QED) is 0.798. The molecule has 1 aromatic carbocycles. The third-order valence-corrected chi connectivity index (χ3v) is 6.08. The van der Waals surface area contributed by atoms with Gasteiger partial charge in [-0.25, -0.2) is 13.2 Å². The van der Waals surface area contributed by atoms with Crippen molar-refractivity contribution in [3.05, 3.63) is 40.6 Å². The van der Waals surface area contributed by atoms with Crippen LogP contribution in [0.3, 0.4) is 0 Å². The van der Waals surface area contributed by atoms with Crippen molar-refractivity contribution in [2.75, 3.05) is 43.0 Å². The summed E-state index contributed by atoms with van der Waals surface area (Å²) in [6.07, 6.45) is 0. The highest BCUT2D eigenvalue weighted by Crippen LogP contribution is 2.26. The number of ether oxygens (including phenoxy) is 2. The average Bonchev–Trinajstić information content (AvgIpc) is 3.09. The number of carbonyl (C=O) groups is 1. The number of sulfonamides is 1. The number of anilines is 2. The second-order valence-corrected chi connectivity index (χ2v) is 7.95. The number of benzene rings is 1. The molecule has 0 unspecified atom stereocenters. The Morgan fingerprint density at radius 3 is 2.52 bits per heavy atom. The van der Waals surface area contributed by atoms with Crippen LogP contribution in [-0.4, -0.2) is 47.8 Å². The first-order chi connectivity index (χ1) is 12.0. The number of carbonyl (C=O) groups excluding carboxylic acids is 1. The molecule has 2 heterocycles. The minimum absolute atomic E-state index is 0.131. The van der Waals surface area contributed by atoms with E-state index < -0.39 is 16.0 Å². The van der Waals surface area contributed by atoms with Crippen LogP contribution >= 0.6 is 11.3 Å². The molecule has 1 aliphatic rings. The van der Waals surface area contributed by atoms with Crippen LogP contribution in [0.25, 0.3) is 0 Å². The van der Waals surface area contributed by atoms with Crippen molar-refractivity contribution in [1.29, 1.82) is 0 Å². The van der Waals surface area contributed by atoms with Crippen LogP contribution in [0.2, 0.25) is 0 Å². The molecule has 7 nitrogen and oxygen atoms in total.